The van der Waals surface area contributed by atoms with Gasteiger partial charge in [-0.2, -0.15) is 0 Å². The van der Waals surface area contributed by atoms with Crippen LogP contribution >= 0.6 is 0 Å². The first-order chi connectivity index (χ1) is 6.70. The van der Waals surface area contributed by atoms with Crippen LogP contribution in [-0.2, 0) is 14.3 Å². The molecule has 74 valence electrons. The topological polar surface area (TPSA) is 46.6 Å². The van der Waals surface area contributed by atoms with Crippen LogP contribution in [0.5, 0.6) is 0 Å². The van der Waals surface area contributed by atoms with Gasteiger partial charge in [0.2, 0.25) is 0 Å². The monoisotopic (exact) mass is 193 g/mol. The van der Waals surface area contributed by atoms with Gasteiger partial charge in [0, 0.05) is 5.57 Å². The number of ether oxygens (including phenoxy) is 1. The van der Waals surface area contributed by atoms with Crippen molar-refractivity contribution >= 4 is 11.9 Å². The Morgan fingerprint density at radius 3 is 3.00 bits per heavy atom. The maximum atomic E-state index is 11.5. The van der Waals surface area contributed by atoms with Crippen LogP contribution in [0.1, 0.15) is 13.3 Å². The summed E-state index contributed by atoms with van der Waals surface area (Å²) >= 11 is 0. The molecule has 0 bridgehead atoms. The molecule has 4 heteroatoms. The minimum Gasteiger partial charge on any atom is -0.464 e. The van der Waals surface area contributed by atoms with Crippen LogP contribution in [-0.4, -0.2) is 29.9 Å². The summed E-state index contributed by atoms with van der Waals surface area (Å²) in [5.74, 6) is -0.511. The lowest BCUT2D eigenvalue weighted by atomic mass is 9.95. The van der Waals surface area contributed by atoms with E-state index in [1.165, 1.54) is 12.0 Å². The lowest BCUT2D eigenvalue weighted by Crippen LogP contribution is -2.52. The number of carbonyl (C=O) groups is 2. The summed E-state index contributed by atoms with van der Waals surface area (Å²) < 4.78 is 4.58. The average molecular weight is 193 g/mol. The number of hydrogen-bond donors (Lipinski definition) is 0. The van der Waals surface area contributed by atoms with Crippen molar-refractivity contribution < 1.29 is 14.3 Å². The molecular weight excluding hydrogens is 182 g/mol. The van der Waals surface area contributed by atoms with Crippen molar-refractivity contribution in [3.63, 3.8) is 0 Å². The Morgan fingerprint density at radius 2 is 2.43 bits per heavy atom. The highest BCUT2D eigenvalue weighted by molar-refractivity contribution is 6.08. The highest BCUT2D eigenvalue weighted by atomic mass is 16.5. The van der Waals surface area contributed by atoms with Crippen molar-refractivity contribution in [1.29, 1.82) is 0 Å². The quantitative estimate of drug-likeness (QED) is 0.348. The molecule has 0 spiro atoms. The maximum absolute atomic E-state index is 11.5. The Labute approximate surface area is 81.8 Å². The maximum Gasteiger partial charge on any atom is 0.354 e. The first-order valence-electron chi connectivity index (χ1n) is 4.49. The van der Waals surface area contributed by atoms with Crippen LogP contribution in [0.15, 0.2) is 23.4 Å². The van der Waals surface area contributed by atoms with E-state index in [4.69, 9.17) is 0 Å². The van der Waals surface area contributed by atoms with Crippen molar-refractivity contribution in [3.8, 4) is 0 Å². The van der Waals surface area contributed by atoms with E-state index in [0.717, 1.165) is 12.0 Å². The SMILES string of the molecule is C/C=C1/C(=O)N2C(C(=O)OC)=CCC12. The molecule has 1 unspecified atom stereocenters. The van der Waals surface area contributed by atoms with Crippen LogP contribution < -0.4 is 0 Å². The molecule has 0 aromatic rings. The van der Waals surface area contributed by atoms with Gasteiger partial charge in [-0.05, 0) is 13.3 Å². The molecule has 1 atom stereocenters. The number of fused-ring (bicyclic) bond motifs is 1. The molecule has 0 aromatic carbocycles. The zero-order chi connectivity index (χ0) is 10.3. The molecule has 1 saturated heterocycles. The highest BCUT2D eigenvalue weighted by Crippen LogP contribution is 2.38. The smallest absolute Gasteiger partial charge is 0.354 e. The summed E-state index contributed by atoms with van der Waals surface area (Å²) in [6, 6.07) is 0.0709. The number of allylic oxidation sites excluding steroid dienone is 1. The molecule has 14 heavy (non-hydrogen) atoms. The summed E-state index contributed by atoms with van der Waals surface area (Å²) in [5.41, 5.74) is 1.17. The van der Waals surface area contributed by atoms with Crippen molar-refractivity contribution in [2.24, 2.45) is 0 Å². The summed E-state index contributed by atoms with van der Waals surface area (Å²) in [4.78, 5) is 24.3. The Balaban J connectivity index is 2.22. The number of esters is 1. The van der Waals surface area contributed by atoms with Gasteiger partial charge < -0.3 is 4.74 Å². The number of β-lactam (4-membered cyclic amide) rings is 1. The molecule has 2 aliphatic rings. The molecule has 0 aromatic heterocycles. The summed E-state index contributed by atoms with van der Waals surface area (Å²) in [5, 5.41) is 0. The highest BCUT2D eigenvalue weighted by Gasteiger charge is 2.48. The van der Waals surface area contributed by atoms with Gasteiger partial charge >= 0.3 is 5.97 Å². The van der Waals surface area contributed by atoms with Crippen molar-refractivity contribution in [3.05, 3.63) is 23.4 Å². The normalized spacial score (nSPS) is 27.1. The molecule has 0 N–H and O–H groups in total. The fraction of sp³-hybridized carbons (Fsp3) is 0.400. The lowest BCUT2D eigenvalue weighted by Gasteiger charge is -2.38. The number of carbonyl (C=O) groups excluding carboxylic acids is 2. The Hall–Kier alpha value is -1.58. The molecule has 1 fully saturated rings. The van der Waals surface area contributed by atoms with Crippen molar-refractivity contribution in [2.75, 3.05) is 7.11 Å². The zero-order valence-electron chi connectivity index (χ0n) is 8.11. The molecular formula is C10H11NO3. The summed E-state index contributed by atoms with van der Waals surface area (Å²) in [6.07, 6.45) is 4.28. The second kappa shape index (κ2) is 2.97. The number of methoxy groups -OCH3 is 1. The lowest BCUT2D eigenvalue weighted by molar-refractivity contribution is -0.144. The first kappa shape index (κ1) is 8.99. The van der Waals surface area contributed by atoms with E-state index in [0.29, 0.717) is 5.70 Å². The molecule has 2 rings (SSSR count). The van der Waals surface area contributed by atoms with E-state index in [1.54, 1.807) is 12.2 Å². The standard InChI is InChI=1S/C10H11NO3/c1-3-6-7-4-5-8(10(13)14-2)11(7)9(6)12/h3,5,7H,4H2,1-2H3/b6-3+. The Morgan fingerprint density at radius 1 is 1.71 bits per heavy atom. The fourth-order valence-electron chi connectivity index (χ4n) is 1.93. The molecule has 2 aliphatic heterocycles. The van der Waals surface area contributed by atoms with Gasteiger partial charge in [-0.1, -0.05) is 12.2 Å². The summed E-state index contributed by atoms with van der Waals surface area (Å²) in [7, 11) is 1.32. The minimum atomic E-state index is -0.434. The first-order valence-corrected chi connectivity index (χ1v) is 4.49. The van der Waals surface area contributed by atoms with E-state index in [1.807, 2.05) is 6.92 Å². The fourth-order valence-corrected chi connectivity index (χ4v) is 1.93. The minimum absolute atomic E-state index is 0.0709. The third-order valence-electron chi connectivity index (χ3n) is 2.64. The van der Waals surface area contributed by atoms with Gasteiger partial charge in [0.05, 0.1) is 13.2 Å². The predicted molar refractivity (Wildman–Crippen MR) is 49.1 cm³/mol. The van der Waals surface area contributed by atoms with Gasteiger partial charge in [-0.25, -0.2) is 4.79 Å². The van der Waals surface area contributed by atoms with Gasteiger partial charge in [0.15, 0.2) is 0 Å². The van der Waals surface area contributed by atoms with Gasteiger partial charge in [-0.3, -0.25) is 9.69 Å². The van der Waals surface area contributed by atoms with E-state index in [2.05, 4.69) is 4.74 Å². The third-order valence-corrected chi connectivity index (χ3v) is 2.64. The third kappa shape index (κ3) is 0.937. The van der Waals surface area contributed by atoms with Gasteiger partial charge in [0.1, 0.15) is 5.70 Å². The van der Waals surface area contributed by atoms with Crippen molar-refractivity contribution in [1.82, 2.24) is 4.90 Å². The van der Waals surface area contributed by atoms with E-state index >= 15 is 0 Å². The predicted octanol–water partition coefficient (Wildman–Crippen LogP) is 0.604. The molecule has 1 amide bonds. The molecule has 0 aliphatic carbocycles. The van der Waals surface area contributed by atoms with Gasteiger partial charge in [0.25, 0.3) is 5.91 Å². The Kier molecular flexibility index (Phi) is 1.91. The molecule has 0 saturated carbocycles. The van der Waals surface area contributed by atoms with Crippen LogP contribution in [0.2, 0.25) is 0 Å². The second-order valence-corrected chi connectivity index (χ2v) is 3.25. The zero-order valence-corrected chi connectivity index (χ0v) is 8.11. The van der Waals surface area contributed by atoms with Crippen LogP contribution in [0.4, 0.5) is 0 Å². The number of rotatable bonds is 1. The number of nitrogens with zero attached hydrogens (tertiary/aromatic N) is 1. The van der Waals surface area contributed by atoms with Crippen molar-refractivity contribution in [2.45, 2.75) is 19.4 Å². The van der Waals surface area contributed by atoms with Crippen LogP contribution in [0, 0.1) is 0 Å². The number of amides is 1. The Bertz CT molecular complexity index is 368. The summed E-state index contributed by atoms with van der Waals surface area (Å²) in [6.45, 7) is 1.83. The van der Waals surface area contributed by atoms with E-state index in [9.17, 15) is 9.59 Å². The molecule has 0 radical (unpaired) electrons. The van der Waals surface area contributed by atoms with E-state index < -0.39 is 5.97 Å². The van der Waals surface area contributed by atoms with Gasteiger partial charge in [-0.15, -0.1) is 0 Å². The number of hydrogen-bond acceptors (Lipinski definition) is 3. The van der Waals surface area contributed by atoms with Crippen LogP contribution in [0.3, 0.4) is 0 Å². The second-order valence-electron chi connectivity index (χ2n) is 3.25. The molecule has 2 heterocycles. The molecule has 4 nitrogen and oxygen atoms in total. The average Bonchev–Trinajstić information content (AvgIpc) is 2.57. The largest absolute Gasteiger partial charge is 0.464 e. The van der Waals surface area contributed by atoms with E-state index in [-0.39, 0.29) is 11.9 Å². The van der Waals surface area contributed by atoms with Crippen LogP contribution in [0.25, 0.3) is 0 Å².